The van der Waals surface area contributed by atoms with Gasteiger partial charge in [0.15, 0.2) is 0 Å². The van der Waals surface area contributed by atoms with Crippen molar-refractivity contribution in [2.75, 3.05) is 0 Å². The van der Waals surface area contributed by atoms with E-state index in [9.17, 15) is 4.39 Å². The maximum Gasteiger partial charge on any atom is 0.123 e. The van der Waals surface area contributed by atoms with Gasteiger partial charge < -0.3 is 10.5 Å². The highest BCUT2D eigenvalue weighted by Gasteiger charge is 2.06. The molecule has 0 saturated heterocycles. The van der Waals surface area contributed by atoms with Gasteiger partial charge in [-0.25, -0.2) is 4.39 Å². The Labute approximate surface area is 116 Å². The first-order chi connectivity index (χ1) is 9.17. The minimum Gasteiger partial charge on any atom is -0.374 e. The molecule has 2 nitrogen and oxygen atoms in total. The van der Waals surface area contributed by atoms with Gasteiger partial charge in [-0.1, -0.05) is 38.7 Å². The Kier molecular flexibility index (Phi) is 7.68. The van der Waals surface area contributed by atoms with Crippen LogP contribution in [0.2, 0.25) is 0 Å². The van der Waals surface area contributed by atoms with Crippen LogP contribution in [0.4, 0.5) is 4.39 Å². The molecule has 0 fully saturated rings. The van der Waals surface area contributed by atoms with Gasteiger partial charge in [0.25, 0.3) is 0 Å². The zero-order chi connectivity index (χ0) is 14.1. The standard InChI is InChI=1S/C16H26FNO/c1-3-4-5-6-7-13(2)19-12-14-8-9-16(17)10-15(14)11-18/h8-10,13H,3-7,11-12,18H2,1-2H3. The lowest BCUT2D eigenvalue weighted by molar-refractivity contribution is 0.0455. The lowest BCUT2D eigenvalue weighted by atomic mass is 10.1. The van der Waals surface area contributed by atoms with Gasteiger partial charge in [-0.3, -0.25) is 0 Å². The van der Waals surface area contributed by atoms with Crippen LogP contribution in [0.15, 0.2) is 18.2 Å². The minimum atomic E-state index is -0.239. The van der Waals surface area contributed by atoms with E-state index in [4.69, 9.17) is 10.5 Å². The number of unbranched alkanes of at least 4 members (excludes halogenated alkanes) is 3. The van der Waals surface area contributed by atoms with Crippen molar-refractivity contribution in [2.24, 2.45) is 5.73 Å². The summed E-state index contributed by atoms with van der Waals surface area (Å²) < 4.78 is 18.9. The minimum absolute atomic E-state index is 0.239. The van der Waals surface area contributed by atoms with Gasteiger partial charge in [-0.05, 0) is 36.6 Å². The van der Waals surface area contributed by atoms with E-state index in [-0.39, 0.29) is 11.9 Å². The normalized spacial score (nSPS) is 12.6. The van der Waals surface area contributed by atoms with Gasteiger partial charge in [0.1, 0.15) is 5.82 Å². The maximum absolute atomic E-state index is 13.1. The van der Waals surface area contributed by atoms with Crippen LogP contribution in [0.3, 0.4) is 0 Å². The highest BCUT2D eigenvalue weighted by molar-refractivity contribution is 5.27. The molecule has 19 heavy (non-hydrogen) atoms. The smallest absolute Gasteiger partial charge is 0.123 e. The molecule has 1 unspecified atom stereocenters. The van der Waals surface area contributed by atoms with Crippen LogP contribution >= 0.6 is 0 Å². The van der Waals surface area contributed by atoms with E-state index in [1.165, 1.54) is 37.8 Å². The number of benzene rings is 1. The van der Waals surface area contributed by atoms with Crippen LogP contribution in [0.5, 0.6) is 0 Å². The summed E-state index contributed by atoms with van der Waals surface area (Å²) in [6, 6.07) is 4.72. The summed E-state index contributed by atoms with van der Waals surface area (Å²) >= 11 is 0. The summed E-state index contributed by atoms with van der Waals surface area (Å²) in [5.41, 5.74) is 7.44. The van der Waals surface area contributed by atoms with Crippen molar-refractivity contribution in [3.8, 4) is 0 Å². The number of hydrogen-bond donors (Lipinski definition) is 1. The molecule has 0 bridgehead atoms. The number of hydrogen-bond acceptors (Lipinski definition) is 2. The highest BCUT2D eigenvalue weighted by atomic mass is 19.1. The van der Waals surface area contributed by atoms with Crippen LogP contribution in [0, 0.1) is 5.82 Å². The largest absolute Gasteiger partial charge is 0.374 e. The van der Waals surface area contributed by atoms with Crippen molar-refractivity contribution in [1.82, 2.24) is 0 Å². The van der Waals surface area contributed by atoms with Gasteiger partial charge in [0.2, 0.25) is 0 Å². The molecule has 0 amide bonds. The highest BCUT2D eigenvalue weighted by Crippen LogP contribution is 2.15. The summed E-state index contributed by atoms with van der Waals surface area (Å²) in [5, 5.41) is 0. The average molecular weight is 267 g/mol. The van der Waals surface area contributed by atoms with E-state index in [2.05, 4.69) is 13.8 Å². The Bertz CT molecular complexity index is 368. The van der Waals surface area contributed by atoms with Crippen molar-refractivity contribution >= 4 is 0 Å². The third-order valence-corrected chi connectivity index (χ3v) is 3.38. The monoisotopic (exact) mass is 267 g/mol. The molecule has 3 heteroatoms. The fraction of sp³-hybridized carbons (Fsp3) is 0.625. The molecule has 0 aliphatic carbocycles. The third-order valence-electron chi connectivity index (χ3n) is 3.38. The lowest BCUT2D eigenvalue weighted by Gasteiger charge is -2.14. The molecule has 0 aliphatic heterocycles. The topological polar surface area (TPSA) is 35.2 Å². The molecule has 2 N–H and O–H groups in total. The van der Waals surface area contributed by atoms with Crippen LogP contribution in [0.25, 0.3) is 0 Å². The molecule has 0 spiro atoms. The van der Waals surface area contributed by atoms with Crippen LogP contribution < -0.4 is 5.73 Å². The summed E-state index contributed by atoms with van der Waals surface area (Å²) in [6.07, 6.45) is 6.36. The molecule has 1 aromatic rings. The van der Waals surface area contributed by atoms with E-state index in [1.807, 2.05) is 0 Å². The molecule has 0 saturated carbocycles. The fourth-order valence-electron chi connectivity index (χ4n) is 2.10. The first kappa shape index (κ1) is 16.1. The maximum atomic E-state index is 13.1. The Morgan fingerprint density at radius 1 is 1.21 bits per heavy atom. The van der Waals surface area contributed by atoms with E-state index >= 15 is 0 Å². The molecule has 0 aliphatic rings. The molecular weight excluding hydrogens is 241 g/mol. The summed E-state index contributed by atoms with van der Waals surface area (Å²) in [6.45, 7) is 5.17. The second-order valence-electron chi connectivity index (χ2n) is 5.09. The zero-order valence-corrected chi connectivity index (χ0v) is 12.1. The van der Waals surface area contributed by atoms with Crippen molar-refractivity contribution in [3.05, 3.63) is 35.1 Å². The van der Waals surface area contributed by atoms with Gasteiger partial charge in [-0.2, -0.15) is 0 Å². The summed E-state index contributed by atoms with van der Waals surface area (Å²) in [5.74, 6) is -0.239. The molecule has 1 rings (SSSR count). The fourth-order valence-corrected chi connectivity index (χ4v) is 2.10. The first-order valence-electron chi connectivity index (χ1n) is 7.26. The van der Waals surface area contributed by atoms with Crippen molar-refractivity contribution < 1.29 is 9.13 Å². The van der Waals surface area contributed by atoms with E-state index in [1.54, 1.807) is 6.07 Å². The Balaban J connectivity index is 2.35. The van der Waals surface area contributed by atoms with Crippen molar-refractivity contribution in [1.29, 1.82) is 0 Å². The molecule has 0 radical (unpaired) electrons. The van der Waals surface area contributed by atoms with E-state index < -0.39 is 0 Å². The quantitative estimate of drug-likeness (QED) is 0.682. The van der Waals surface area contributed by atoms with Gasteiger partial charge in [0.05, 0.1) is 12.7 Å². The average Bonchev–Trinajstić information content (AvgIpc) is 2.42. The zero-order valence-electron chi connectivity index (χ0n) is 12.1. The van der Waals surface area contributed by atoms with Crippen LogP contribution in [-0.4, -0.2) is 6.10 Å². The Hall–Kier alpha value is -0.930. The second kappa shape index (κ2) is 9.05. The van der Waals surface area contributed by atoms with Crippen molar-refractivity contribution in [3.63, 3.8) is 0 Å². The molecule has 108 valence electrons. The van der Waals surface area contributed by atoms with Crippen molar-refractivity contribution in [2.45, 2.75) is 65.2 Å². The summed E-state index contributed by atoms with van der Waals surface area (Å²) in [4.78, 5) is 0. The van der Waals surface area contributed by atoms with Crippen LogP contribution in [0.1, 0.15) is 57.1 Å². The number of nitrogens with two attached hydrogens (primary N) is 1. The van der Waals surface area contributed by atoms with Gasteiger partial charge in [0, 0.05) is 6.54 Å². The molecule has 0 aromatic heterocycles. The van der Waals surface area contributed by atoms with Gasteiger partial charge >= 0.3 is 0 Å². The van der Waals surface area contributed by atoms with Gasteiger partial charge in [-0.15, -0.1) is 0 Å². The number of rotatable bonds is 9. The summed E-state index contributed by atoms with van der Waals surface area (Å²) in [7, 11) is 0. The van der Waals surface area contributed by atoms with E-state index in [0.29, 0.717) is 13.2 Å². The third kappa shape index (κ3) is 6.17. The molecular formula is C16H26FNO. The van der Waals surface area contributed by atoms with Crippen LogP contribution in [-0.2, 0) is 17.9 Å². The molecule has 1 aromatic carbocycles. The number of ether oxygens (including phenoxy) is 1. The second-order valence-corrected chi connectivity index (χ2v) is 5.09. The Morgan fingerprint density at radius 3 is 2.68 bits per heavy atom. The lowest BCUT2D eigenvalue weighted by Crippen LogP contribution is -2.10. The predicted octanol–water partition coefficient (Wildman–Crippen LogP) is 4.16. The molecule has 0 heterocycles. The number of halogens is 1. The van der Waals surface area contributed by atoms with E-state index in [0.717, 1.165) is 17.5 Å². The predicted molar refractivity (Wildman–Crippen MR) is 77.3 cm³/mol. The Morgan fingerprint density at radius 2 is 2.00 bits per heavy atom. The molecule has 1 atom stereocenters. The first-order valence-corrected chi connectivity index (χ1v) is 7.26. The SMILES string of the molecule is CCCCCCC(C)OCc1ccc(F)cc1CN.